The second-order valence-electron chi connectivity index (χ2n) is 5.64. The van der Waals surface area contributed by atoms with Gasteiger partial charge in [-0.3, -0.25) is 0 Å². The molecule has 104 valence electrons. The molecule has 2 aromatic carbocycles. The van der Waals surface area contributed by atoms with E-state index < -0.39 is 0 Å². The highest BCUT2D eigenvalue weighted by Crippen LogP contribution is 2.40. The summed E-state index contributed by atoms with van der Waals surface area (Å²) >= 11 is 0. The molecule has 0 heterocycles. The summed E-state index contributed by atoms with van der Waals surface area (Å²) in [6.07, 6.45) is 4.60. The highest BCUT2D eigenvalue weighted by molar-refractivity contribution is 5.71. The molecule has 1 aliphatic carbocycles. The lowest BCUT2D eigenvalue weighted by Gasteiger charge is -2.25. The maximum Gasteiger partial charge on any atom is 0.126 e. The van der Waals surface area contributed by atoms with Crippen molar-refractivity contribution < 1.29 is 4.74 Å². The van der Waals surface area contributed by atoms with Crippen molar-refractivity contribution in [2.24, 2.45) is 5.73 Å². The van der Waals surface area contributed by atoms with Crippen LogP contribution in [0.2, 0.25) is 0 Å². The monoisotopic (exact) mass is 267 g/mol. The van der Waals surface area contributed by atoms with E-state index in [9.17, 15) is 0 Å². The quantitative estimate of drug-likeness (QED) is 0.909. The van der Waals surface area contributed by atoms with E-state index in [1.807, 2.05) is 12.1 Å². The molecule has 0 aliphatic heterocycles. The molecule has 0 atom stereocenters. The summed E-state index contributed by atoms with van der Waals surface area (Å²) in [4.78, 5) is 0. The normalized spacial score (nSPS) is 17.1. The zero-order chi connectivity index (χ0) is 14.0. The van der Waals surface area contributed by atoms with Crippen LogP contribution in [-0.2, 0) is 5.54 Å². The van der Waals surface area contributed by atoms with Crippen LogP contribution in [0.15, 0.2) is 48.5 Å². The average Bonchev–Trinajstić information content (AvgIpc) is 2.95. The topological polar surface area (TPSA) is 35.2 Å². The van der Waals surface area contributed by atoms with E-state index in [1.54, 1.807) is 7.11 Å². The second-order valence-corrected chi connectivity index (χ2v) is 5.64. The van der Waals surface area contributed by atoms with Crippen molar-refractivity contribution in [1.29, 1.82) is 0 Å². The van der Waals surface area contributed by atoms with Gasteiger partial charge in [0.15, 0.2) is 0 Å². The predicted molar refractivity (Wildman–Crippen MR) is 82.8 cm³/mol. The molecule has 2 heteroatoms. The highest BCUT2D eigenvalue weighted by atomic mass is 16.5. The first-order chi connectivity index (χ1) is 9.73. The molecule has 2 aromatic rings. The van der Waals surface area contributed by atoms with Crippen LogP contribution in [0.3, 0.4) is 0 Å². The van der Waals surface area contributed by atoms with Crippen molar-refractivity contribution >= 4 is 0 Å². The van der Waals surface area contributed by atoms with E-state index in [4.69, 9.17) is 10.5 Å². The van der Waals surface area contributed by atoms with Gasteiger partial charge in [-0.1, -0.05) is 49.2 Å². The number of hydrogen-bond acceptors (Lipinski definition) is 2. The molecule has 0 spiro atoms. The van der Waals surface area contributed by atoms with E-state index in [-0.39, 0.29) is 5.54 Å². The third-order valence-electron chi connectivity index (χ3n) is 4.35. The van der Waals surface area contributed by atoms with Gasteiger partial charge in [-0.2, -0.15) is 0 Å². The van der Waals surface area contributed by atoms with Crippen LogP contribution >= 0.6 is 0 Å². The van der Waals surface area contributed by atoms with Crippen molar-refractivity contribution in [2.45, 2.75) is 31.2 Å². The molecular formula is C18H21NO. The van der Waals surface area contributed by atoms with Gasteiger partial charge in [0.1, 0.15) is 5.75 Å². The fourth-order valence-corrected chi connectivity index (χ4v) is 3.16. The Bertz CT molecular complexity index is 586. The Morgan fingerprint density at radius 2 is 1.70 bits per heavy atom. The van der Waals surface area contributed by atoms with Crippen LogP contribution in [0.4, 0.5) is 0 Å². The fourth-order valence-electron chi connectivity index (χ4n) is 3.16. The SMILES string of the molecule is COc1ccc(C2(N)CCCC2)cc1-c1ccccc1. The van der Waals surface area contributed by atoms with Gasteiger partial charge >= 0.3 is 0 Å². The fraction of sp³-hybridized carbons (Fsp3) is 0.333. The lowest BCUT2D eigenvalue weighted by molar-refractivity contribution is 0.414. The maximum atomic E-state index is 6.58. The number of rotatable bonds is 3. The maximum absolute atomic E-state index is 6.58. The van der Waals surface area contributed by atoms with Crippen LogP contribution in [-0.4, -0.2) is 7.11 Å². The summed E-state index contributed by atoms with van der Waals surface area (Å²) < 4.78 is 5.51. The summed E-state index contributed by atoms with van der Waals surface area (Å²) in [6, 6.07) is 16.7. The smallest absolute Gasteiger partial charge is 0.126 e. The molecule has 0 bridgehead atoms. The van der Waals surface area contributed by atoms with E-state index >= 15 is 0 Å². The third kappa shape index (κ3) is 2.32. The third-order valence-corrected chi connectivity index (χ3v) is 4.35. The Balaban J connectivity index is 2.08. The first-order valence-corrected chi connectivity index (χ1v) is 7.26. The van der Waals surface area contributed by atoms with Crippen molar-refractivity contribution in [1.82, 2.24) is 0 Å². The molecule has 1 fully saturated rings. The van der Waals surface area contributed by atoms with Gasteiger partial charge in [0, 0.05) is 11.1 Å². The largest absolute Gasteiger partial charge is 0.496 e. The number of methoxy groups -OCH3 is 1. The van der Waals surface area contributed by atoms with Crippen LogP contribution in [0.25, 0.3) is 11.1 Å². The number of benzene rings is 2. The second kappa shape index (κ2) is 5.29. The molecular weight excluding hydrogens is 246 g/mol. The van der Waals surface area contributed by atoms with Gasteiger partial charge in [0.2, 0.25) is 0 Å². The Morgan fingerprint density at radius 3 is 2.35 bits per heavy atom. The number of ether oxygens (including phenoxy) is 1. The summed E-state index contributed by atoms with van der Waals surface area (Å²) in [6.45, 7) is 0. The lowest BCUT2D eigenvalue weighted by Crippen LogP contribution is -2.33. The number of nitrogens with two attached hydrogens (primary N) is 1. The van der Waals surface area contributed by atoms with Crippen LogP contribution < -0.4 is 10.5 Å². The molecule has 0 amide bonds. The molecule has 0 radical (unpaired) electrons. The van der Waals surface area contributed by atoms with Crippen molar-refractivity contribution in [3.8, 4) is 16.9 Å². The van der Waals surface area contributed by atoms with Gasteiger partial charge in [-0.25, -0.2) is 0 Å². The molecule has 0 saturated heterocycles. The molecule has 1 aliphatic rings. The van der Waals surface area contributed by atoms with Gasteiger partial charge in [0.05, 0.1) is 7.11 Å². The van der Waals surface area contributed by atoms with Gasteiger partial charge in [0.25, 0.3) is 0 Å². The Morgan fingerprint density at radius 1 is 1.00 bits per heavy atom. The lowest BCUT2D eigenvalue weighted by atomic mass is 9.87. The predicted octanol–water partition coefficient (Wildman–Crippen LogP) is 4.09. The van der Waals surface area contributed by atoms with E-state index in [0.717, 1.165) is 24.2 Å². The molecule has 3 rings (SSSR count). The van der Waals surface area contributed by atoms with E-state index in [0.29, 0.717) is 0 Å². The first-order valence-electron chi connectivity index (χ1n) is 7.26. The molecule has 20 heavy (non-hydrogen) atoms. The van der Waals surface area contributed by atoms with E-state index in [2.05, 4.69) is 36.4 Å². The van der Waals surface area contributed by atoms with Crippen LogP contribution in [0.5, 0.6) is 5.75 Å². The molecule has 1 saturated carbocycles. The average molecular weight is 267 g/mol. The molecule has 2 N–H and O–H groups in total. The summed E-state index contributed by atoms with van der Waals surface area (Å²) in [5.41, 5.74) is 9.95. The van der Waals surface area contributed by atoms with Crippen LogP contribution in [0, 0.1) is 0 Å². The number of hydrogen-bond donors (Lipinski definition) is 1. The summed E-state index contributed by atoms with van der Waals surface area (Å²) in [5, 5.41) is 0. The van der Waals surface area contributed by atoms with Crippen LogP contribution in [0.1, 0.15) is 31.2 Å². The first kappa shape index (κ1) is 13.2. The zero-order valence-corrected chi connectivity index (χ0v) is 11.9. The van der Waals surface area contributed by atoms with Gasteiger partial charge in [-0.15, -0.1) is 0 Å². The molecule has 2 nitrogen and oxygen atoms in total. The minimum Gasteiger partial charge on any atom is -0.496 e. The minimum absolute atomic E-state index is 0.157. The molecule has 0 aromatic heterocycles. The highest BCUT2D eigenvalue weighted by Gasteiger charge is 2.31. The van der Waals surface area contributed by atoms with Crippen molar-refractivity contribution in [3.63, 3.8) is 0 Å². The zero-order valence-electron chi connectivity index (χ0n) is 11.9. The van der Waals surface area contributed by atoms with Gasteiger partial charge in [-0.05, 0) is 36.1 Å². The standard InChI is InChI=1S/C18H21NO/c1-20-17-10-9-15(18(19)11-5-6-12-18)13-16(17)14-7-3-2-4-8-14/h2-4,7-10,13H,5-6,11-12,19H2,1H3. The van der Waals surface area contributed by atoms with Crippen molar-refractivity contribution in [3.05, 3.63) is 54.1 Å². The van der Waals surface area contributed by atoms with E-state index in [1.165, 1.54) is 24.0 Å². The summed E-state index contributed by atoms with van der Waals surface area (Å²) in [7, 11) is 1.72. The Hall–Kier alpha value is -1.80. The molecule has 0 unspecified atom stereocenters. The van der Waals surface area contributed by atoms with Crippen molar-refractivity contribution in [2.75, 3.05) is 7.11 Å². The minimum atomic E-state index is -0.157. The Kier molecular flexibility index (Phi) is 3.49. The van der Waals surface area contributed by atoms with Gasteiger partial charge < -0.3 is 10.5 Å². The summed E-state index contributed by atoms with van der Waals surface area (Å²) in [5.74, 6) is 0.904. The Labute approximate surface area is 120 Å².